The summed E-state index contributed by atoms with van der Waals surface area (Å²) in [4.78, 5) is 28.0. The van der Waals surface area contributed by atoms with E-state index in [0.29, 0.717) is 13.0 Å². The topological polar surface area (TPSA) is 101 Å². The van der Waals surface area contributed by atoms with Crippen LogP contribution in [0.1, 0.15) is 36.4 Å². The summed E-state index contributed by atoms with van der Waals surface area (Å²) in [5, 5.41) is 15.0. The molecule has 0 radical (unpaired) electrons. The fourth-order valence-corrected chi connectivity index (χ4v) is 3.50. The number of aliphatic carboxylic acids is 1. The molecule has 0 aliphatic carbocycles. The quantitative estimate of drug-likeness (QED) is 0.613. The second kappa shape index (κ2) is 9.19. The minimum Gasteiger partial charge on any atom is -0.497 e. The van der Waals surface area contributed by atoms with Crippen molar-refractivity contribution < 1.29 is 19.4 Å². The third-order valence-corrected chi connectivity index (χ3v) is 5.15. The Hall–Kier alpha value is -2.61. The number of nitrogens with one attached hydrogen (secondary N) is 2. The minimum atomic E-state index is -0.869. The van der Waals surface area contributed by atoms with E-state index in [1.807, 2.05) is 38.1 Å². The van der Waals surface area contributed by atoms with E-state index < -0.39 is 5.97 Å². The lowest BCUT2D eigenvalue weighted by molar-refractivity contribution is -0.137. The standard InChI is InChI=1S/C18H23N3O4S/c1-11-16(12(2)21-18(24)19-10-4-5-15(22)23)26-17(20-11)13-6-8-14(25-3)9-7-13/h6-9,12H,4-5,10H2,1-3H3,(H,22,23)(H2,19,21,24). The van der Waals surface area contributed by atoms with Gasteiger partial charge in [0.05, 0.1) is 23.7 Å². The number of hydrogen-bond acceptors (Lipinski definition) is 5. The fraction of sp³-hybridized carbons (Fsp3) is 0.389. The number of urea groups is 1. The number of nitrogens with zero attached hydrogens (tertiary/aromatic N) is 1. The zero-order valence-corrected chi connectivity index (χ0v) is 15.9. The van der Waals surface area contributed by atoms with E-state index in [2.05, 4.69) is 15.6 Å². The molecule has 0 fully saturated rings. The highest BCUT2D eigenvalue weighted by molar-refractivity contribution is 7.15. The minimum absolute atomic E-state index is 0.0367. The lowest BCUT2D eigenvalue weighted by atomic mass is 10.2. The Labute approximate surface area is 156 Å². The third-order valence-electron chi connectivity index (χ3n) is 3.76. The number of ether oxygens (including phenoxy) is 1. The molecule has 0 aliphatic heterocycles. The van der Waals surface area contributed by atoms with Crippen LogP contribution in [0.2, 0.25) is 0 Å². The number of carboxylic acid groups (broad SMARTS) is 1. The molecule has 1 aromatic heterocycles. The number of aromatic nitrogens is 1. The van der Waals surface area contributed by atoms with Crippen LogP contribution >= 0.6 is 11.3 Å². The Morgan fingerprint density at radius 1 is 1.31 bits per heavy atom. The monoisotopic (exact) mass is 377 g/mol. The summed E-state index contributed by atoms with van der Waals surface area (Å²) in [5.74, 6) is -0.0798. The van der Waals surface area contributed by atoms with Crippen LogP contribution in [0, 0.1) is 6.92 Å². The first-order valence-electron chi connectivity index (χ1n) is 8.28. The van der Waals surface area contributed by atoms with Gasteiger partial charge in [0.1, 0.15) is 10.8 Å². The zero-order valence-electron chi connectivity index (χ0n) is 15.0. The van der Waals surface area contributed by atoms with Crippen LogP contribution in [-0.4, -0.2) is 35.7 Å². The third kappa shape index (κ3) is 5.45. The normalized spacial score (nSPS) is 11.7. The maximum Gasteiger partial charge on any atom is 0.315 e. The Balaban J connectivity index is 1.96. The molecule has 26 heavy (non-hydrogen) atoms. The molecule has 0 saturated carbocycles. The molecule has 7 nitrogen and oxygen atoms in total. The van der Waals surface area contributed by atoms with Gasteiger partial charge in [-0.1, -0.05) is 0 Å². The first-order valence-corrected chi connectivity index (χ1v) is 9.10. The molecule has 0 saturated heterocycles. The van der Waals surface area contributed by atoms with Crippen LogP contribution in [0.15, 0.2) is 24.3 Å². The summed E-state index contributed by atoms with van der Waals surface area (Å²) in [5.41, 5.74) is 1.87. The summed E-state index contributed by atoms with van der Waals surface area (Å²) in [6.45, 7) is 4.14. The predicted octanol–water partition coefficient (Wildman–Crippen LogP) is 3.35. The number of carbonyl (C=O) groups is 2. The fourth-order valence-electron chi connectivity index (χ4n) is 2.42. The number of rotatable bonds is 8. The molecule has 0 bridgehead atoms. The number of carboxylic acids is 1. The Morgan fingerprint density at radius 2 is 2.00 bits per heavy atom. The maximum absolute atomic E-state index is 11.9. The van der Waals surface area contributed by atoms with Gasteiger partial charge in [0.2, 0.25) is 0 Å². The molecule has 0 aliphatic rings. The van der Waals surface area contributed by atoms with E-state index in [1.165, 1.54) is 11.3 Å². The van der Waals surface area contributed by atoms with Gasteiger partial charge in [-0.3, -0.25) is 4.79 Å². The van der Waals surface area contributed by atoms with Gasteiger partial charge in [0, 0.05) is 18.5 Å². The summed E-state index contributed by atoms with van der Waals surface area (Å²) in [6, 6.07) is 7.17. The van der Waals surface area contributed by atoms with Crippen molar-refractivity contribution >= 4 is 23.3 Å². The van der Waals surface area contributed by atoms with Gasteiger partial charge in [-0.2, -0.15) is 0 Å². The van der Waals surface area contributed by atoms with Crippen molar-refractivity contribution in [2.75, 3.05) is 13.7 Å². The van der Waals surface area contributed by atoms with Gasteiger partial charge >= 0.3 is 12.0 Å². The van der Waals surface area contributed by atoms with Gasteiger partial charge in [-0.15, -0.1) is 11.3 Å². The summed E-state index contributed by atoms with van der Waals surface area (Å²) in [7, 11) is 1.63. The zero-order chi connectivity index (χ0) is 19.1. The van der Waals surface area contributed by atoms with E-state index in [-0.39, 0.29) is 18.5 Å². The molecule has 1 aromatic carbocycles. The Morgan fingerprint density at radius 3 is 2.62 bits per heavy atom. The van der Waals surface area contributed by atoms with Crippen LogP contribution in [0.25, 0.3) is 10.6 Å². The molecular weight excluding hydrogens is 354 g/mol. The highest BCUT2D eigenvalue weighted by Gasteiger charge is 2.17. The average molecular weight is 377 g/mol. The van der Waals surface area contributed by atoms with Crippen molar-refractivity contribution in [1.29, 1.82) is 0 Å². The van der Waals surface area contributed by atoms with Crippen LogP contribution in [0.5, 0.6) is 5.75 Å². The lowest BCUT2D eigenvalue weighted by Gasteiger charge is -2.13. The van der Waals surface area contributed by atoms with E-state index in [1.54, 1.807) is 7.11 Å². The largest absolute Gasteiger partial charge is 0.497 e. The molecule has 8 heteroatoms. The maximum atomic E-state index is 11.9. The molecule has 2 amide bonds. The van der Waals surface area contributed by atoms with Crippen molar-refractivity contribution in [1.82, 2.24) is 15.6 Å². The predicted molar refractivity (Wildman–Crippen MR) is 101 cm³/mol. The van der Waals surface area contributed by atoms with Gasteiger partial charge < -0.3 is 20.5 Å². The second-order valence-corrected chi connectivity index (χ2v) is 6.85. The SMILES string of the molecule is COc1ccc(-c2nc(C)c(C(C)NC(=O)NCCCC(=O)O)s2)cc1. The van der Waals surface area contributed by atoms with Crippen LogP contribution in [0.4, 0.5) is 4.79 Å². The second-order valence-electron chi connectivity index (χ2n) is 5.82. The van der Waals surface area contributed by atoms with Crippen LogP contribution < -0.4 is 15.4 Å². The molecule has 0 spiro atoms. The number of carbonyl (C=O) groups excluding carboxylic acids is 1. The number of thiazole rings is 1. The van der Waals surface area contributed by atoms with E-state index in [9.17, 15) is 9.59 Å². The van der Waals surface area contributed by atoms with Gasteiger partial charge in [0.25, 0.3) is 0 Å². The molecule has 1 atom stereocenters. The molecular formula is C18H23N3O4S. The van der Waals surface area contributed by atoms with E-state index in [4.69, 9.17) is 9.84 Å². The lowest BCUT2D eigenvalue weighted by Crippen LogP contribution is -2.37. The van der Waals surface area contributed by atoms with Gasteiger partial charge in [-0.25, -0.2) is 9.78 Å². The number of aryl methyl sites for hydroxylation is 1. The highest BCUT2D eigenvalue weighted by atomic mass is 32.1. The number of amides is 2. The number of benzene rings is 1. The molecule has 1 unspecified atom stereocenters. The van der Waals surface area contributed by atoms with Gasteiger partial charge in [0.15, 0.2) is 0 Å². The molecule has 2 aromatic rings. The molecule has 2 rings (SSSR count). The molecule has 3 N–H and O–H groups in total. The van der Waals surface area contributed by atoms with Crippen molar-refractivity contribution in [2.24, 2.45) is 0 Å². The van der Waals surface area contributed by atoms with Crippen molar-refractivity contribution in [2.45, 2.75) is 32.7 Å². The van der Waals surface area contributed by atoms with Crippen molar-refractivity contribution in [3.8, 4) is 16.3 Å². The smallest absolute Gasteiger partial charge is 0.315 e. The number of hydrogen-bond donors (Lipinski definition) is 3. The molecule has 140 valence electrons. The van der Waals surface area contributed by atoms with Crippen molar-refractivity contribution in [3.63, 3.8) is 0 Å². The first-order chi connectivity index (χ1) is 12.4. The highest BCUT2D eigenvalue weighted by Crippen LogP contribution is 2.32. The van der Waals surface area contributed by atoms with E-state index in [0.717, 1.165) is 26.9 Å². The van der Waals surface area contributed by atoms with Gasteiger partial charge in [-0.05, 0) is 44.5 Å². The Bertz CT molecular complexity index is 758. The first kappa shape index (κ1) is 19.7. The summed E-state index contributed by atoms with van der Waals surface area (Å²) < 4.78 is 5.17. The molecule has 1 heterocycles. The average Bonchev–Trinajstić information content (AvgIpc) is 3.00. The summed E-state index contributed by atoms with van der Waals surface area (Å²) >= 11 is 1.54. The number of methoxy groups -OCH3 is 1. The van der Waals surface area contributed by atoms with E-state index >= 15 is 0 Å². The van der Waals surface area contributed by atoms with Crippen LogP contribution in [0.3, 0.4) is 0 Å². The van der Waals surface area contributed by atoms with Crippen LogP contribution in [-0.2, 0) is 4.79 Å². The van der Waals surface area contributed by atoms with Crippen molar-refractivity contribution in [3.05, 3.63) is 34.8 Å². The Kier molecular flexibility index (Phi) is 6.97. The summed E-state index contributed by atoms with van der Waals surface area (Å²) in [6.07, 6.45) is 0.438.